The second-order valence-electron chi connectivity index (χ2n) is 7.10. The number of ether oxygens (including phenoxy) is 1. The van der Waals surface area contributed by atoms with Gasteiger partial charge in [0.2, 0.25) is 0 Å². The third-order valence-electron chi connectivity index (χ3n) is 4.55. The van der Waals surface area contributed by atoms with Crippen LogP contribution in [0.2, 0.25) is 0 Å². The van der Waals surface area contributed by atoms with E-state index in [1.807, 2.05) is 12.1 Å². The molecule has 0 unspecified atom stereocenters. The molecule has 27 heavy (non-hydrogen) atoms. The van der Waals surface area contributed by atoms with Crippen LogP contribution in [-0.2, 0) is 11.2 Å². The maximum absolute atomic E-state index is 10.4. The standard InChI is InChI=1S/C24H36O3/c1-2-3-4-5-6-7-8-11-14-21-27-23-19-17-22(18-20-23)15-12-9-10-13-16-24(25)26/h17-20H,2-8,10-11,13-16,21H2,1H3,(H,25,26). The minimum absolute atomic E-state index is 0.194. The molecular formula is C24H36O3. The van der Waals surface area contributed by atoms with Crippen LogP contribution in [0.3, 0.4) is 0 Å². The van der Waals surface area contributed by atoms with E-state index in [1.165, 1.54) is 51.4 Å². The molecule has 0 saturated heterocycles. The van der Waals surface area contributed by atoms with Crippen molar-refractivity contribution in [3.63, 3.8) is 0 Å². The van der Waals surface area contributed by atoms with Gasteiger partial charge in [-0.25, -0.2) is 0 Å². The van der Waals surface area contributed by atoms with E-state index in [0.29, 0.717) is 19.3 Å². The number of carbonyl (C=O) groups is 1. The maximum atomic E-state index is 10.4. The summed E-state index contributed by atoms with van der Waals surface area (Å²) >= 11 is 0. The van der Waals surface area contributed by atoms with Crippen molar-refractivity contribution in [2.24, 2.45) is 0 Å². The summed E-state index contributed by atoms with van der Waals surface area (Å²) in [5.41, 5.74) is 1.16. The highest BCUT2D eigenvalue weighted by Crippen LogP contribution is 2.14. The van der Waals surface area contributed by atoms with Crippen LogP contribution in [0.5, 0.6) is 5.75 Å². The molecule has 0 radical (unpaired) electrons. The van der Waals surface area contributed by atoms with Crippen LogP contribution >= 0.6 is 0 Å². The Morgan fingerprint density at radius 1 is 0.889 bits per heavy atom. The van der Waals surface area contributed by atoms with Crippen molar-refractivity contribution < 1.29 is 14.6 Å². The number of hydrogen-bond acceptors (Lipinski definition) is 2. The smallest absolute Gasteiger partial charge is 0.303 e. The highest BCUT2D eigenvalue weighted by molar-refractivity contribution is 5.66. The van der Waals surface area contributed by atoms with Gasteiger partial charge in [-0.05, 0) is 30.5 Å². The Labute approximate surface area is 165 Å². The van der Waals surface area contributed by atoms with Crippen LogP contribution in [0.1, 0.15) is 89.5 Å². The van der Waals surface area contributed by atoms with E-state index in [2.05, 4.69) is 30.9 Å². The lowest BCUT2D eigenvalue weighted by Gasteiger charge is -2.07. The predicted octanol–water partition coefficient (Wildman–Crippen LogP) is 6.40. The molecule has 0 atom stereocenters. The van der Waals surface area contributed by atoms with Crippen LogP contribution in [-0.4, -0.2) is 17.7 Å². The monoisotopic (exact) mass is 372 g/mol. The predicted molar refractivity (Wildman–Crippen MR) is 112 cm³/mol. The second kappa shape index (κ2) is 16.2. The lowest BCUT2D eigenvalue weighted by atomic mass is 10.1. The Morgan fingerprint density at radius 2 is 1.52 bits per heavy atom. The number of aliphatic carboxylic acids is 1. The van der Waals surface area contributed by atoms with Gasteiger partial charge in [0.25, 0.3) is 0 Å². The summed E-state index contributed by atoms with van der Waals surface area (Å²) in [5, 5.41) is 8.57. The van der Waals surface area contributed by atoms with Gasteiger partial charge >= 0.3 is 5.97 Å². The Kier molecular flexibility index (Phi) is 13.9. The van der Waals surface area contributed by atoms with Crippen molar-refractivity contribution >= 4 is 5.97 Å². The Hall–Kier alpha value is -1.95. The van der Waals surface area contributed by atoms with Gasteiger partial charge in [-0.1, -0.05) is 76.3 Å². The van der Waals surface area contributed by atoms with Gasteiger partial charge in [0.15, 0.2) is 0 Å². The molecule has 0 amide bonds. The number of hydrogen-bond donors (Lipinski definition) is 1. The van der Waals surface area contributed by atoms with Gasteiger partial charge in [0.05, 0.1) is 6.61 Å². The van der Waals surface area contributed by atoms with E-state index < -0.39 is 5.97 Å². The first kappa shape index (κ1) is 23.1. The van der Waals surface area contributed by atoms with Gasteiger partial charge in [0.1, 0.15) is 5.75 Å². The van der Waals surface area contributed by atoms with E-state index in [0.717, 1.165) is 24.3 Å². The van der Waals surface area contributed by atoms with Crippen molar-refractivity contribution in [1.82, 2.24) is 0 Å². The zero-order valence-electron chi connectivity index (χ0n) is 17.0. The maximum Gasteiger partial charge on any atom is 0.303 e. The highest BCUT2D eigenvalue weighted by Gasteiger charge is 1.97. The lowest BCUT2D eigenvalue weighted by Crippen LogP contribution is -1.97. The third kappa shape index (κ3) is 13.9. The minimum Gasteiger partial charge on any atom is -0.494 e. The molecule has 0 saturated carbocycles. The van der Waals surface area contributed by atoms with Crippen LogP contribution in [0.25, 0.3) is 0 Å². The van der Waals surface area contributed by atoms with E-state index >= 15 is 0 Å². The number of rotatable bonds is 15. The van der Waals surface area contributed by atoms with Crippen LogP contribution < -0.4 is 4.74 Å². The van der Waals surface area contributed by atoms with Crippen molar-refractivity contribution in [2.45, 2.75) is 90.4 Å². The molecule has 1 rings (SSSR count). The first-order chi connectivity index (χ1) is 13.2. The van der Waals surface area contributed by atoms with Gasteiger partial charge < -0.3 is 9.84 Å². The summed E-state index contributed by atoms with van der Waals surface area (Å²) in [5.74, 6) is 6.30. The fourth-order valence-corrected chi connectivity index (χ4v) is 2.89. The Balaban J connectivity index is 2.04. The summed E-state index contributed by atoms with van der Waals surface area (Å²) in [6.07, 6.45) is 14.1. The fraction of sp³-hybridized carbons (Fsp3) is 0.625. The fourth-order valence-electron chi connectivity index (χ4n) is 2.89. The van der Waals surface area contributed by atoms with Crippen molar-refractivity contribution in [2.75, 3.05) is 6.61 Å². The molecule has 0 aliphatic rings. The second-order valence-corrected chi connectivity index (χ2v) is 7.10. The molecule has 3 heteroatoms. The number of unbranched alkanes of at least 4 members (excludes halogenated alkanes) is 9. The average Bonchev–Trinajstić information content (AvgIpc) is 2.67. The molecule has 0 aliphatic heterocycles. The normalized spacial score (nSPS) is 10.3. The average molecular weight is 373 g/mol. The van der Waals surface area contributed by atoms with E-state index in [4.69, 9.17) is 9.84 Å². The highest BCUT2D eigenvalue weighted by atomic mass is 16.5. The number of carboxylic acids is 1. The van der Waals surface area contributed by atoms with Crippen LogP contribution in [0, 0.1) is 11.8 Å². The summed E-state index contributed by atoms with van der Waals surface area (Å²) in [6, 6.07) is 8.12. The summed E-state index contributed by atoms with van der Waals surface area (Å²) in [7, 11) is 0. The SMILES string of the molecule is CCCCCCCCCCCOc1ccc(CC#CCCCC(=O)O)cc1. The zero-order valence-corrected chi connectivity index (χ0v) is 17.0. The Bertz CT molecular complexity index is 551. The van der Waals surface area contributed by atoms with E-state index in [-0.39, 0.29) is 6.42 Å². The molecule has 1 aromatic carbocycles. The largest absolute Gasteiger partial charge is 0.494 e. The molecule has 0 aromatic heterocycles. The minimum atomic E-state index is -0.755. The molecule has 3 nitrogen and oxygen atoms in total. The van der Waals surface area contributed by atoms with E-state index in [1.54, 1.807) is 0 Å². The first-order valence-corrected chi connectivity index (χ1v) is 10.6. The molecule has 0 spiro atoms. The first-order valence-electron chi connectivity index (χ1n) is 10.6. The van der Waals surface area contributed by atoms with Gasteiger partial charge in [-0.2, -0.15) is 0 Å². The quantitative estimate of drug-likeness (QED) is 0.286. The van der Waals surface area contributed by atoms with E-state index in [9.17, 15) is 4.79 Å². The van der Waals surface area contributed by atoms with Crippen LogP contribution in [0.4, 0.5) is 0 Å². The molecule has 0 bridgehead atoms. The van der Waals surface area contributed by atoms with Crippen molar-refractivity contribution in [3.05, 3.63) is 29.8 Å². The summed E-state index contributed by atoms with van der Waals surface area (Å²) in [4.78, 5) is 10.4. The number of carboxylic acid groups (broad SMARTS) is 1. The molecule has 0 heterocycles. The molecule has 1 aromatic rings. The van der Waals surface area contributed by atoms with Crippen molar-refractivity contribution in [1.29, 1.82) is 0 Å². The van der Waals surface area contributed by atoms with Crippen molar-refractivity contribution in [3.8, 4) is 17.6 Å². The number of benzene rings is 1. The molecule has 0 fully saturated rings. The van der Waals surface area contributed by atoms with Crippen LogP contribution in [0.15, 0.2) is 24.3 Å². The van der Waals surface area contributed by atoms with Gasteiger partial charge in [-0.3, -0.25) is 4.79 Å². The molecular weight excluding hydrogens is 336 g/mol. The zero-order chi connectivity index (χ0) is 19.6. The molecule has 150 valence electrons. The van der Waals surface area contributed by atoms with Gasteiger partial charge in [0, 0.05) is 19.3 Å². The topological polar surface area (TPSA) is 46.5 Å². The third-order valence-corrected chi connectivity index (χ3v) is 4.55. The Morgan fingerprint density at radius 3 is 2.15 bits per heavy atom. The molecule has 0 aliphatic carbocycles. The molecule has 1 N–H and O–H groups in total. The lowest BCUT2D eigenvalue weighted by molar-refractivity contribution is -0.137. The summed E-state index contributed by atoms with van der Waals surface area (Å²) in [6.45, 7) is 3.05. The summed E-state index contributed by atoms with van der Waals surface area (Å²) < 4.78 is 5.81. The van der Waals surface area contributed by atoms with Gasteiger partial charge in [-0.15, -0.1) is 5.92 Å².